The van der Waals surface area contributed by atoms with Gasteiger partial charge in [-0.25, -0.2) is 0 Å². The molecule has 2 unspecified atom stereocenters. The van der Waals surface area contributed by atoms with E-state index in [1.54, 1.807) is 5.56 Å². The van der Waals surface area contributed by atoms with Gasteiger partial charge < -0.3 is 10.6 Å². The van der Waals surface area contributed by atoms with E-state index in [2.05, 4.69) is 28.5 Å². The van der Waals surface area contributed by atoms with Crippen molar-refractivity contribution >= 4 is 27.1 Å². The predicted octanol–water partition coefficient (Wildman–Crippen LogP) is 3.39. The first-order valence-corrected chi connectivity index (χ1v) is 8.20. The molecule has 2 aliphatic rings. The lowest BCUT2D eigenvalue weighted by Crippen LogP contribution is -2.45. The average molecular weight is 272 g/mol. The number of nitrogens with zero attached hydrogens (tertiary/aromatic N) is 1. The summed E-state index contributed by atoms with van der Waals surface area (Å²) in [6.07, 6.45) is 5.07. The van der Waals surface area contributed by atoms with Crippen LogP contribution in [0, 0.1) is 5.92 Å². The topological polar surface area (TPSA) is 29.3 Å². The minimum Gasteiger partial charge on any atom is -0.368 e. The zero-order valence-electron chi connectivity index (χ0n) is 11.1. The summed E-state index contributed by atoms with van der Waals surface area (Å²) in [5.74, 6) is 0.839. The summed E-state index contributed by atoms with van der Waals surface area (Å²) < 4.78 is 1.45. The Hall–Kier alpha value is -1.06. The van der Waals surface area contributed by atoms with Crippen molar-refractivity contribution in [1.29, 1.82) is 0 Å². The molecular formula is C16H20N2S. The number of rotatable bonds is 2. The number of piperidine rings is 1. The first-order valence-electron chi connectivity index (χ1n) is 7.32. The van der Waals surface area contributed by atoms with E-state index >= 15 is 0 Å². The van der Waals surface area contributed by atoms with Crippen LogP contribution in [0.25, 0.3) is 10.1 Å². The van der Waals surface area contributed by atoms with Crippen LogP contribution in [0.1, 0.15) is 24.8 Å². The van der Waals surface area contributed by atoms with Crippen LogP contribution in [-0.2, 0) is 6.42 Å². The summed E-state index contributed by atoms with van der Waals surface area (Å²) in [4.78, 5) is 2.66. The third-order valence-electron chi connectivity index (χ3n) is 4.82. The van der Waals surface area contributed by atoms with E-state index in [1.807, 2.05) is 11.3 Å². The van der Waals surface area contributed by atoms with Crippen molar-refractivity contribution in [3.63, 3.8) is 0 Å². The molecule has 0 aliphatic carbocycles. The minimum atomic E-state index is 0.706. The fourth-order valence-electron chi connectivity index (χ4n) is 3.92. The molecule has 2 nitrogen and oxygen atoms in total. The highest BCUT2D eigenvalue weighted by Crippen LogP contribution is 2.43. The van der Waals surface area contributed by atoms with Gasteiger partial charge in [-0.15, -0.1) is 11.3 Å². The molecule has 2 atom stereocenters. The fourth-order valence-corrected chi connectivity index (χ4v) is 4.91. The summed E-state index contributed by atoms with van der Waals surface area (Å²) >= 11 is 1.90. The van der Waals surface area contributed by atoms with Crippen molar-refractivity contribution in [3.05, 3.63) is 29.1 Å². The lowest BCUT2D eigenvalue weighted by molar-refractivity contribution is 0.324. The minimum absolute atomic E-state index is 0.706. The maximum absolute atomic E-state index is 5.74. The van der Waals surface area contributed by atoms with E-state index in [0.717, 1.165) is 12.5 Å². The highest BCUT2D eigenvalue weighted by Gasteiger charge is 2.33. The number of nitrogens with two attached hydrogens (primary N) is 1. The van der Waals surface area contributed by atoms with Gasteiger partial charge in [0.2, 0.25) is 0 Å². The van der Waals surface area contributed by atoms with Crippen molar-refractivity contribution in [1.82, 2.24) is 0 Å². The number of hydrogen-bond donors (Lipinski definition) is 1. The number of anilines is 1. The first-order chi connectivity index (χ1) is 9.36. The SMILES string of the molecule is NCCC1CCN2c3cccc4scc(c34)CC2C1. The van der Waals surface area contributed by atoms with Crippen molar-refractivity contribution in [3.8, 4) is 0 Å². The third-order valence-corrected chi connectivity index (χ3v) is 5.81. The summed E-state index contributed by atoms with van der Waals surface area (Å²) in [7, 11) is 0. The van der Waals surface area contributed by atoms with Crippen LogP contribution in [0.4, 0.5) is 5.69 Å². The molecule has 0 saturated carbocycles. The largest absolute Gasteiger partial charge is 0.368 e. The van der Waals surface area contributed by atoms with Crippen LogP contribution < -0.4 is 10.6 Å². The van der Waals surface area contributed by atoms with Crippen LogP contribution in [0.5, 0.6) is 0 Å². The molecule has 3 heteroatoms. The number of fused-ring (bicyclic) bond motifs is 2. The zero-order valence-corrected chi connectivity index (χ0v) is 12.0. The van der Waals surface area contributed by atoms with Gasteiger partial charge in [-0.1, -0.05) is 6.07 Å². The molecule has 0 bridgehead atoms. The van der Waals surface area contributed by atoms with E-state index in [9.17, 15) is 0 Å². The molecule has 1 aromatic heterocycles. The van der Waals surface area contributed by atoms with Gasteiger partial charge in [0.25, 0.3) is 0 Å². The van der Waals surface area contributed by atoms with Crippen molar-refractivity contribution in [2.75, 3.05) is 18.0 Å². The van der Waals surface area contributed by atoms with Gasteiger partial charge >= 0.3 is 0 Å². The molecule has 2 aliphatic heterocycles. The molecule has 1 fully saturated rings. The van der Waals surface area contributed by atoms with E-state index in [4.69, 9.17) is 5.73 Å². The van der Waals surface area contributed by atoms with Crippen LogP contribution >= 0.6 is 11.3 Å². The molecule has 0 spiro atoms. The molecular weight excluding hydrogens is 252 g/mol. The molecule has 100 valence electrons. The summed E-state index contributed by atoms with van der Waals surface area (Å²) in [5, 5.41) is 3.90. The Morgan fingerprint density at radius 1 is 1.37 bits per heavy atom. The third kappa shape index (κ3) is 1.79. The Kier molecular flexibility index (Phi) is 2.78. The number of benzene rings is 1. The van der Waals surface area contributed by atoms with Crippen LogP contribution in [0.2, 0.25) is 0 Å². The molecule has 2 aromatic rings. The van der Waals surface area contributed by atoms with Gasteiger partial charge in [0.05, 0.1) is 0 Å². The normalized spacial score (nSPS) is 25.6. The summed E-state index contributed by atoms with van der Waals surface area (Å²) in [6, 6.07) is 7.49. The lowest BCUT2D eigenvalue weighted by Gasteiger charge is -2.44. The summed E-state index contributed by atoms with van der Waals surface area (Å²) in [6.45, 7) is 2.06. The molecule has 19 heavy (non-hydrogen) atoms. The quantitative estimate of drug-likeness (QED) is 0.908. The van der Waals surface area contributed by atoms with E-state index in [-0.39, 0.29) is 0 Å². The second-order valence-electron chi connectivity index (χ2n) is 5.93. The molecule has 0 radical (unpaired) electrons. The van der Waals surface area contributed by atoms with Gasteiger partial charge in [0.1, 0.15) is 0 Å². The van der Waals surface area contributed by atoms with Crippen LogP contribution in [0.15, 0.2) is 23.6 Å². The average Bonchev–Trinajstić information content (AvgIpc) is 2.84. The first kappa shape index (κ1) is 11.7. The molecule has 3 heterocycles. The molecule has 2 N–H and O–H groups in total. The van der Waals surface area contributed by atoms with E-state index in [0.29, 0.717) is 6.04 Å². The van der Waals surface area contributed by atoms with Crippen molar-refractivity contribution < 1.29 is 0 Å². The van der Waals surface area contributed by atoms with Gasteiger partial charge in [-0.05, 0) is 61.2 Å². The Balaban J connectivity index is 1.72. The molecule has 0 amide bonds. The van der Waals surface area contributed by atoms with Crippen molar-refractivity contribution in [2.45, 2.75) is 31.7 Å². The second-order valence-corrected chi connectivity index (χ2v) is 6.84. The van der Waals surface area contributed by atoms with Gasteiger partial charge in [-0.2, -0.15) is 0 Å². The number of thiophene rings is 1. The fraction of sp³-hybridized carbons (Fsp3) is 0.500. The zero-order chi connectivity index (χ0) is 12.8. The lowest BCUT2D eigenvalue weighted by atomic mass is 9.83. The molecule has 1 aromatic carbocycles. The monoisotopic (exact) mass is 272 g/mol. The van der Waals surface area contributed by atoms with Gasteiger partial charge in [-0.3, -0.25) is 0 Å². The Morgan fingerprint density at radius 2 is 2.32 bits per heavy atom. The van der Waals surface area contributed by atoms with E-state index in [1.165, 1.54) is 48.0 Å². The second kappa shape index (κ2) is 4.50. The Morgan fingerprint density at radius 3 is 3.21 bits per heavy atom. The predicted molar refractivity (Wildman–Crippen MR) is 83.1 cm³/mol. The maximum Gasteiger partial charge on any atom is 0.0459 e. The van der Waals surface area contributed by atoms with Crippen molar-refractivity contribution in [2.24, 2.45) is 11.7 Å². The Bertz CT molecular complexity index is 604. The number of hydrogen-bond acceptors (Lipinski definition) is 3. The highest BCUT2D eigenvalue weighted by atomic mass is 32.1. The molecule has 4 rings (SSSR count). The molecule has 1 saturated heterocycles. The maximum atomic E-state index is 5.74. The van der Waals surface area contributed by atoms with Gasteiger partial charge in [0.15, 0.2) is 0 Å². The van der Waals surface area contributed by atoms with Crippen LogP contribution in [-0.4, -0.2) is 19.1 Å². The highest BCUT2D eigenvalue weighted by molar-refractivity contribution is 7.17. The standard InChI is InChI=1S/C16H20N2S/c17-6-4-11-5-7-18-13(8-11)9-12-10-19-15-3-1-2-14(18)16(12)15/h1-3,10-11,13H,4-9,17H2. The van der Waals surface area contributed by atoms with E-state index < -0.39 is 0 Å². The van der Waals surface area contributed by atoms with Crippen LogP contribution in [0.3, 0.4) is 0 Å². The summed E-state index contributed by atoms with van der Waals surface area (Å²) in [5.41, 5.74) is 8.79. The smallest absolute Gasteiger partial charge is 0.0459 e. The van der Waals surface area contributed by atoms with Gasteiger partial charge in [0, 0.05) is 28.4 Å². The Labute approximate surface area is 118 Å².